The lowest BCUT2D eigenvalue weighted by molar-refractivity contribution is -0.178. The van der Waals surface area contributed by atoms with Gasteiger partial charge in [-0.1, -0.05) is 0 Å². The largest absolute Gasteiger partial charge is 0.467 e. The molecule has 0 radical (unpaired) electrons. The Morgan fingerprint density at radius 2 is 1.24 bits per heavy atom. The Bertz CT molecular complexity index is 314. The number of esters is 3. The molecule has 0 amide bonds. The molecule has 0 bridgehead atoms. The van der Waals surface area contributed by atoms with Crippen molar-refractivity contribution in [1.82, 2.24) is 0 Å². The van der Waals surface area contributed by atoms with Gasteiger partial charge < -0.3 is 14.2 Å². The zero-order valence-electron chi connectivity index (χ0n) is 10.5. The molecule has 0 unspecified atom stereocenters. The number of hydrogen-bond acceptors (Lipinski definition) is 7. The molecule has 7 heteroatoms. The highest BCUT2D eigenvalue weighted by Crippen LogP contribution is 2.15. The molecule has 0 spiro atoms. The summed E-state index contributed by atoms with van der Waals surface area (Å²) in [6.07, 6.45) is 0. The van der Waals surface area contributed by atoms with Gasteiger partial charge in [-0.25, -0.2) is 14.4 Å². The Morgan fingerprint density at radius 3 is 1.47 bits per heavy atom. The maximum Gasteiger partial charge on any atom is 0.350 e. The molecular formula is C10H17NO6. The molecular weight excluding hydrogens is 230 g/mol. The number of methoxy groups -OCH3 is 2. The van der Waals surface area contributed by atoms with E-state index in [0.717, 1.165) is 14.2 Å². The highest BCUT2D eigenvalue weighted by Gasteiger charge is 2.54. The summed E-state index contributed by atoms with van der Waals surface area (Å²) in [5, 5.41) is 0. The van der Waals surface area contributed by atoms with Crippen LogP contribution in [-0.4, -0.2) is 43.3 Å². The first-order chi connectivity index (χ1) is 7.59. The van der Waals surface area contributed by atoms with Crippen LogP contribution >= 0.6 is 0 Å². The fraction of sp³-hybridized carbons (Fsp3) is 0.700. The molecule has 0 rings (SSSR count). The summed E-state index contributed by atoms with van der Waals surface area (Å²) in [6, 6.07) is 0. The Labute approximate surface area is 99.2 Å². The van der Waals surface area contributed by atoms with E-state index in [2.05, 4.69) is 9.47 Å². The first-order valence-electron chi connectivity index (χ1n) is 4.78. The Morgan fingerprint density at radius 1 is 0.882 bits per heavy atom. The minimum Gasteiger partial charge on any atom is -0.467 e. The summed E-state index contributed by atoms with van der Waals surface area (Å²) in [4.78, 5) is 34.6. The molecule has 0 saturated carbocycles. The SMILES string of the molecule is COC(=O)C(N)(C(=O)OC)C(=O)OC(C)(C)C. The monoisotopic (exact) mass is 247 g/mol. The summed E-state index contributed by atoms with van der Waals surface area (Å²) in [6.45, 7) is 4.71. The summed E-state index contributed by atoms with van der Waals surface area (Å²) < 4.78 is 13.5. The molecule has 0 aliphatic heterocycles. The van der Waals surface area contributed by atoms with Crippen LogP contribution in [0.5, 0.6) is 0 Å². The summed E-state index contributed by atoms with van der Waals surface area (Å²) in [7, 11) is 1.99. The first kappa shape index (κ1) is 15.4. The molecule has 0 aromatic carbocycles. The van der Waals surface area contributed by atoms with Crippen LogP contribution in [0.1, 0.15) is 20.8 Å². The predicted octanol–water partition coefficient (Wildman–Crippen LogP) is -0.628. The van der Waals surface area contributed by atoms with E-state index >= 15 is 0 Å². The molecule has 7 nitrogen and oxygen atoms in total. The van der Waals surface area contributed by atoms with Gasteiger partial charge in [-0.3, -0.25) is 5.73 Å². The fourth-order valence-electron chi connectivity index (χ4n) is 0.931. The molecule has 0 heterocycles. The van der Waals surface area contributed by atoms with E-state index in [1.54, 1.807) is 20.8 Å². The number of carbonyl (C=O) groups is 3. The van der Waals surface area contributed by atoms with Crippen LogP contribution in [0.4, 0.5) is 0 Å². The quantitative estimate of drug-likeness (QED) is 0.402. The van der Waals surface area contributed by atoms with Crippen LogP contribution in [0.15, 0.2) is 0 Å². The van der Waals surface area contributed by atoms with Gasteiger partial charge in [0.05, 0.1) is 14.2 Å². The van der Waals surface area contributed by atoms with E-state index in [1.165, 1.54) is 0 Å². The summed E-state index contributed by atoms with van der Waals surface area (Å²) in [5.41, 5.74) is 1.93. The van der Waals surface area contributed by atoms with E-state index in [1.807, 2.05) is 0 Å². The van der Waals surface area contributed by atoms with Gasteiger partial charge in [-0.2, -0.15) is 0 Å². The van der Waals surface area contributed by atoms with Crippen molar-refractivity contribution in [3.8, 4) is 0 Å². The lowest BCUT2D eigenvalue weighted by Gasteiger charge is -2.27. The number of carbonyl (C=O) groups excluding carboxylic acids is 3. The molecule has 0 aliphatic rings. The maximum atomic E-state index is 11.7. The van der Waals surface area contributed by atoms with Crippen LogP contribution in [0.25, 0.3) is 0 Å². The first-order valence-corrected chi connectivity index (χ1v) is 4.78. The van der Waals surface area contributed by atoms with Crippen LogP contribution in [0.2, 0.25) is 0 Å². The third-order valence-electron chi connectivity index (χ3n) is 1.74. The fourth-order valence-corrected chi connectivity index (χ4v) is 0.931. The molecule has 0 atom stereocenters. The predicted molar refractivity (Wildman–Crippen MR) is 56.8 cm³/mol. The van der Waals surface area contributed by atoms with Crippen molar-refractivity contribution in [3.63, 3.8) is 0 Å². The summed E-state index contributed by atoms with van der Waals surface area (Å²) >= 11 is 0. The highest BCUT2D eigenvalue weighted by atomic mass is 16.6. The average Bonchev–Trinajstić information content (AvgIpc) is 2.23. The molecule has 17 heavy (non-hydrogen) atoms. The van der Waals surface area contributed by atoms with Crippen molar-refractivity contribution in [2.24, 2.45) is 5.73 Å². The standard InChI is InChI=1S/C10H17NO6/c1-9(2,3)17-8(14)10(11,6(12)15-4)7(13)16-5/h11H2,1-5H3. The van der Waals surface area contributed by atoms with E-state index in [9.17, 15) is 14.4 Å². The van der Waals surface area contributed by atoms with Crippen LogP contribution < -0.4 is 5.73 Å². The van der Waals surface area contributed by atoms with Gasteiger partial charge in [0.25, 0.3) is 0 Å². The molecule has 0 fully saturated rings. The van der Waals surface area contributed by atoms with Crippen LogP contribution in [0, 0.1) is 0 Å². The minimum atomic E-state index is -2.60. The van der Waals surface area contributed by atoms with Gasteiger partial charge in [-0.15, -0.1) is 0 Å². The Kier molecular flexibility index (Phi) is 4.64. The number of hydrogen-bond donors (Lipinski definition) is 1. The smallest absolute Gasteiger partial charge is 0.350 e. The van der Waals surface area contributed by atoms with E-state index in [4.69, 9.17) is 10.5 Å². The normalized spacial score (nSPS) is 11.6. The zero-order valence-corrected chi connectivity index (χ0v) is 10.5. The van der Waals surface area contributed by atoms with Gasteiger partial charge in [0.2, 0.25) is 0 Å². The molecule has 2 N–H and O–H groups in total. The third-order valence-corrected chi connectivity index (χ3v) is 1.74. The molecule has 0 saturated heterocycles. The molecule has 98 valence electrons. The highest BCUT2D eigenvalue weighted by molar-refractivity contribution is 6.23. The van der Waals surface area contributed by atoms with Crippen molar-refractivity contribution in [2.75, 3.05) is 14.2 Å². The van der Waals surface area contributed by atoms with Gasteiger partial charge in [-0.05, 0) is 20.8 Å². The lowest BCUT2D eigenvalue weighted by atomic mass is 10.0. The van der Waals surface area contributed by atoms with E-state index in [0.29, 0.717) is 0 Å². The van der Waals surface area contributed by atoms with Gasteiger partial charge in [0, 0.05) is 0 Å². The minimum absolute atomic E-state index is 0.899. The number of nitrogens with two attached hydrogens (primary N) is 1. The molecule has 0 aromatic heterocycles. The lowest BCUT2D eigenvalue weighted by Crippen LogP contribution is -2.63. The Balaban J connectivity index is 5.27. The number of rotatable bonds is 3. The van der Waals surface area contributed by atoms with Gasteiger partial charge in [0.15, 0.2) is 0 Å². The van der Waals surface area contributed by atoms with Crippen molar-refractivity contribution in [1.29, 1.82) is 0 Å². The molecule has 0 aromatic rings. The van der Waals surface area contributed by atoms with Crippen LogP contribution in [0.3, 0.4) is 0 Å². The van der Waals surface area contributed by atoms with Crippen molar-refractivity contribution in [2.45, 2.75) is 31.9 Å². The summed E-state index contributed by atoms with van der Waals surface area (Å²) in [5.74, 6) is -3.69. The second-order valence-electron chi connectivity index (χ2n) is 4.29. The maximum absolute atomic E-state index is 11.7. The molecule has 0 aliphatic carbocycles. The van der Waals surface area contributed by atoms with Crippen molar-refractivity contribution >= 4 is 17.9 Å². The zero-order chi connectivity index (χ0) is 13.9. The average molecular weight is 247 g/mol. The van der Waals surface area contributed by atoms with Gasteiger partial charge >= 0.3 is 23.4 Å². The number of ether oxygens (including phenoxy) is 3. The van der Waals surface area contributed by atoms with E-state index < -0.39 is 29.0 Å². The van der Waals surface area contributed by atoms with Crippen molar-refractivity contribution < 1.29 is 28.6 Å². The van der Waals surface area contributed by atoms with Gasteiger partial charge in [0.1, 0.15) is 5.60 Å². The second kappa shape index (κ2) is 5.13. The second-order valence-corrected chi connectivity index (χ2v) is 4.29. The van der Waals surface area contributed by atoms with E-state index in [-0.39, 0.29) is 0 Å². The van der Waals surface area contributed by atoms with Crippen LogP contribution in [-0.2, 0) is 28.6 Å². The Hall–Kier alpha value is -1.63. The third kappa shape index (κ3) is 3.42. The van der Waals surface area contributed by atoms with Crippen molar-refractivity contribution in [3.05, 3.63) is 0 Å². The topological polar surface area (TPSA) is 105 Å².